The van der Waals surface area contributed by atoms with Crippen molar-refractivity contribution in [3.05, 3.63) is 0 Å². The lowest BCUT2D eigenvalue weighted by molar-refractivity contribution is 0.181. The standard InChI is InChI=1S/C4H2N2O3/c7-2-5-3-1-9-4(8)6-3/h1H2. The zero-order chi connectivity index (χ0) is 6.69. The molecule has 0 radical (unpaired) electrons. The van der Waals surface area contributed by atoms with E-state index in [4.69, 9.17) is 0 Å². The number of nitrogens with zero attached hydrogens (tertiary/aromatic N) is 2. The number of aliphatic imine (C=N–C) groups is 2. The summed E-state index contributed by atoms with van der Waals surface area (Å²) in [5.74, 6) is 0.0787. The first-order chi connectivity index (χ1) is 4.33. The Morgan fingerprint density at radius 2 is 2.56 bits per heavy atom. The molecule has 5 heteroatoms. The Kier molecular flexibility index (Phi) is 1.38. The molecule has 0 fully saturated rings. The molecule has 0 atom stereocenters. The summed E-state index contributed by atoms with van der Waals surface area (Å²) in [5, 5.41) is 0. The van der Waals surface area contributed by atoms with Crippen molar-refractivity contribution in [2.75, 3.05) is 6.61 Å². The first kappa shape index (κ1) is 5.65. The maximum absolute atomic E-state index is 10.1. The molecule has 0 aromatic rings. The highest BCUT2D eigenvalue weighted by molar-refractivity contribution is 5.99. The monoisotopic (exact) mass is 126 g/mol. The molecule has 0 spiro atoms. The third-order valence-electron chi connectivity index (χ3n) is 0.720. The molecule has 0 bridgehead atoms. The van der Waals surface area contributed by atoms with E-state index in [-0.39, 0.29) is 12.4 Å². The number of amidine groups is 1. The molecule has 1 aliphatic heterocycles. The Balaban J connectivity index is 2.73. The lowest BCUT2D eigenvalue weighted by Gasteiger charge is -1.81. The molecule has 1 heterocycles. The van der Waals surface area contributed by atoms with Crippen LogP contribution in [0.25, 0.3) is 0 Å². The number of hydrogen-bond donors (Lipinski definition) is 0. The number of cyclic esters (lactones) is 1. The van der Waals surface area contributed by atoms with Crippen molar-refractivity contribution < 1.29 is 14.3 Å². The van der Waals surface area contributed by atoms with E-state index in [1.807, 2.05) is 0 Å². The van der Waals surface area contributed by atoms with E-state index in [9.17, 15) is 9.59 Å². The third kappa shape index (κ3) is 1.20. The minimum atomic E-state index is -0.705. The van der Waals surface area contributed by atoms with Crippen LogP contribution in [0.15, 0.2) is 9.98 Å². The summed E-state index contributed by atoms with van der Waals surface area (Å²) in [6.45, 7) is -0.0198. The highest BCUT2D eigenvalue weighted by Gasteiger charge is 2.12. The molecule has 5 nitrogen and oxygen atoms in total. The molecule has 0 aromatic carbocycles. The van der Waals surface area contributed by atoms with E-state index < -0.39 is 6.09 Å². The van der Waals surface area contributed by atoms with Crippen LogP contribution >= 0.6 is 0 Å². The number of ether oxygens (including phenoxy) is 1. The fourth-order valence-electron chi connectivity index (χ4n) is 0.406. The van der Waals surface area contributed by atoms with Gasteiger partial charge in [0, 0.05) is 0 Å². The molecule has 46 valence electrons. The number of carbonyl (C=O) groups is 1. The summed E-state index contributed by atoms with van der Waals surface area (Å²) < 4.78 is 4.30. The van der Waals surface area contributed by atoms with Crippen molar-refractivity contribution in [3.63, 3.8) is 0 Å². The van der Waals surface area contributed by atoms with Crippen molar-refractivity contribution in [2.45, 2.75) is 0 Å². The Morgan fingerprint density at radius 1 is 1.78 bits per heavy atom. The van der Waals surface area contributed by atoms with E-state index in [2.05, 4.69) is 14.7 Å². The molecule has 0 saturated heterocycles. The molecule has 0 N–H and O–H groups in total. The van der Waals surface area contributed by atoms with Gasteiger partial charge in [0.15, 0.2) is 12.4 Å². The average molecular weight is 126 g/mol. The first-order valence-electron chi connectivity index (χ1n) is 2.15. The van der Waals surface area contributed by atoms with Crippen LogP contribution < -0.4 is 0 Å². The van der Waals surface area contributed by atoms with Crippen molar-refractivity contribution in [1.29, 1.82) is 0 Å². The van der Waals surface area contributed by atoms with Gasteiger partial charge in [-0.15, -0.1) is 4.99 Å². The van der Waals surface area contributed by atoms with Crippen LogP contribution in [0.2, 0.25) is 0 Å². The molecule has 1 aliphatic rings. The number of rotatable bonds is 0. The largest absolute Gasteiger partial charge is 0.440 e. The maximum Gasteiger partial charge on any atom is 0.435 e. The maximum atomic E-state index is 10.1. The smallest absolute Gasteiger partial charge is 0.435 e. The normalized spacial score (nSPS) is 16.0. The topological polar surface area (TPSA) is 68.1 Å². The van der Waals surface area contributed by atoms with Gasteiger partial charge in [-0.25, -0.2) is 9.59 Å². The van der Waals surface area contributed by atoms with Gasteiger partial charge in [-0.1, -0.05) is 0 Å². The first-order valence-corrected chi connectivity index (χ1v) is 2.15. The predicted octanol–water partition coefficient (Wildman–Crippen LogP) is -0.129. The molecule has 1 rings (SSSR count). The van der Waals surface area contributed by atoms with Crippen molar-refractivity contribution in [2.24, 2.45) is 9.98 Å². The fraction of sp³-hybridized carbons (Fsp3) is 0.250. The van der Waals surface area contributed by atoms with Crippen LogP contribution in [0, 0.1) is 0 Å². The van der Waals surface area contributed by atoms with Crippen LogP contribution in [0.1, 0.15) is 0 Å². The Labute approximate surface area is 50.1 Å². The SMILES string of the molecule is O=C=NC1=NC(=O)OC1. The van der Waals surface area contributed by atoms with Crippen LogP contribution in [-0.4, -0.2) is 24.6 Å². The lowest BCUT2D eigenvalue weighted by atomic mass is 10.7. The van der Waals surface area contributed by atoms with Gasteiger partial charge in [0.05, 0.1) is 0 Å². The van der Waals surface area contributed by atoms with Crippen LogP contribution in [-0.2, 0) is 9.53 Å². The summed E-state index contributed by atoms with van der Waals surface area (Å²) in [6, 6.07) is 0. The Morgan fingerprint density at radius 3 is 3.00 bits per heavy atom. The second-order valence-corrected chi connectivity index (χ2v) is 1.29. The molecule has 1 amide bonds. The molecule has 0 saturated carbocycles. The lowest BCUT2D eigenvalue weighted by Crippen LogP contribution is -1.95. The molecule has 0 aromatic heterocycles. The van der Waals surface area contributed by atoms with Crippen LogP contribution in [0.4, 0.5) is 4.79 Å². The zero-order valence-corrected chi connectivity index (χ0v) is 4.33. The summed E-state index contributed by atoms with van der Waals surface area (Å²) in [4.78, 5) is 25.9. The number of amides is 1. The van der Waals surface area contributed by atoms with E-state index in [0.29, 0.717) is 0 Å². The van der Waals surface area contributed by atoms with Gasteiger partial charge in [0.1, 0.15) is 0 Å². The summed E-state index contributed by atoms with van der Waals surface area (Å²) in [5.41, 5.74) is 0. The van der Waals surface area contributed by atoms with Gasteiger partial charge >= 0.3 is 6.09 Å². The predicted molar refractivity (Wildman–Crippen MR) is 26.9 cm³/mol. The number of isocyanates is 1. The van der Waals surface area contributed by atoms with Crippen LogP contribution in [0.5, 0.6) is 0 Å². The van der Waals surface area contributed by atoms with Gasteiger partial charge < -0.3 is 4.74 Å². The Bertz CT molecular complexity index is 214. The Hall–Kier alpha value is -1.48. The minimum absolute atomic E-state index is 0.0198. The van der Waals surface area contributed by atoms with Gasteiger partial charge in [-0.05, 0) is 0 Å². The molecular weight excluding hydrogens is 124 g/mol. The third-order valence-corrected chi connectivity index (χ3v) is 0.720. The fourth-order valence-corrected chi connectivity index (χ4v) is 0.406. The quantitative estimate of drug-likeness (QED) is 0.335. The van der Waals surface area contributed by atoms with E-state index in [1.54, 1.807) is 0 Å². The second-order valence-electron chi connectivity index (χ2n) is 1.29. The molecule has 9 heavy (non-hydrogen) atoms. The average Bonchev–Trinajstić information content (AvgIpc) is 2.17. The van der Waals surface area contributed by atoms with Gasteiger partial charge in [0.25, 0.3) is 0 Å². The number of hydrogen-bond acceptors (Lipinski definition) is 4. The van der Waals surface area contributed by atoms with Crippen molar-refractivity contribution >= 4 is 18.0 Å². The van der Waals surface area contributed by atoms with Gasteiger partial charge in [-0.3, -0.25) is 0 Å². The van der Waals surface area contributed by atoms with Crippen LogP contribution in [0.3, 0.4) is 0 Å². The summed E-state index contributed by atoms with van der Waals surface area (Å²) in [6.07, 6.45) is 0.538. The minimum Gasteiger partial charge on any atom is -0.440 e. The van der Waals surface area contributed by atoms with Gasteiger partial charge in [-0.2, -0.15) is 4.99 Å². The second kappa shape index (κ2) is 2.19. The summed E-state index contributed by atoms with van der Waals surface area (Å²) >= 11 is 0. The van der Waals surface area contributed by atoms with E-state index in [1.165, 1.54) is 6.08 Å². The molecule has 0 aliphatic carbocycles. The summed E-state index contributed by atoms with van der Waals surface area (Å²) in [7, 11) is 0. The van der Waals surface area contributed by atoms with Gasteiger partial charge in [0.2, 0.25) is 6.08 Å². The molecule has 0 unspecified atom stereocenters. The molecular formula is C4H2N2O3. The van der Waals surface area contributed by atoms with Crippen molar-refractivity contribution in [3.8, 4) is 0 Å². The zero-order valence-electron chi connectivity index (χ0n) is 4.33. The van der Waals surface area contributed by atoms with Crippen molar-refractivity contribution in [1.82, 2.24) is 0 Å². The number of carbonyl (C=O) groups excluding carboxylic acids is 2. The highest BCUT2D eigenvalue weighted by Crippen LogP contribution is 1.96. The van der Waals surface area contributed by atoms with E-state index >= 15 is 0 Å². The van der Waals surface area contributed by atoms with E-state index in [0.717, 1.165) is 0 Å². The highest BCUT2D eigenvalue weighted by atomic mass is 16.6.